The Labute approximate surface area is 111 Å². The number of nitrogens with zero attached hydrogens (tertiary/aromatic N) is 1. The molecule has 104 valence electrons. The first-order valence-corrected chi connectivity index (χ1v) is 5.90. The Hall–Kier alpha value is -2.08. The summed E-state index contributed by atoms with van der Waals surface area (Å²) in [4.78, 5) is 11.3. The number of nitrogens with one attached hydrogen (secondary N) is 1. The molecule has 1 rings (SSSR count). The van der Waals surface area contributed by atoms with Crippen molar-refractivity contribution in [2.24, 2.45) is 5.10 Å². The van der Waals surface area contributed by atoms with Crippen molar-refractivity contribution in [1.82, 2.24) is 5.43 Å². The molecule has 0 aromatic heterocycles. The summed E-state index contributed by atoms with van der Waals surface area (Å²) in [7, 11) is 1.45. The maximum atomic E-state index is 11.3. The van der Waals surface area contributed by atoms with Crippen LogP contribution >= 0.6 is 0 Å². The molecule has 0 saturated carbocycles. The van der Waals surface area contributed by atoms with Gasteiger partial charge in [-0.05, 0) is 37.1 Å². The zero-order valence-corrected chi connectivity index (χ0v) is 11.0. The molecule has 0 aliphatic rings. The van der Waals surface area contributed by atoms with Gasteiger partial charge in [0.25, 0.3) is 0 Å². The number of aliphatic hydroxyl groups is 1. The average molecular weight is 266 g/mol. The summed E-state index contributed by atoms with van der Waals surface area (Å²) in [6.07, 6.45) is 1.56. The molecule has 1 unspecified atom stereocenters. The van der Waals surface area contributed by atoms with Gasteiger partial charge >= 0.3 is 0 Å². The highest BCUT2D eigenvalue weighted by Gasteiger charge is 2.03. The molecule has 0 bridgehead atoms. The van der Waals surface area contributed by atoms with Crippen LogP contribution in [0.1, 0.15) is 25.3 Å². The van der Waals surface area contributed by atoms with Crippen molar-refractivity contribution in [2.75, 3.05) is 7.11 Å². The van der Waals surface area contributed by atoms with Crippen LogP contribution in [0.2, 0.25) is 0 Å². The third-order valence-electron chi connectivity index (χ3n) is 2.40. The Balaban J connectivity index is 2.50. The lowest BCUT2D eigenvalue weighted by atomic mass is 10.2. The van der Waals surface area contributed by atoms with E-state index in [1.165, 1.54) is 19.4 Å². The molecule has 0 aliphatic heterocycles. The third-order valence-corrected chi connectivity index (χ3v) is 2.40. The average Bonchev–Trinajstić information content (AvgIpc) is 2.38. The van der Waals surface area contributed by atoms with Gasteiger partial charge in [0.1, 0.15) is 0 Å². The molecule has 0 saturated heterocycles. The Morgan fingerprint density at radius 2 is 2.32 bits per heavy atom. The third kappa shape index (κ3) is 5.39. The van der Waals surface area contributed by atoms with Crippen molar-refractivity contribution < 1.29 is 19.7 Å². The van der Waals surface area contributed by atoms with E-state index in [-0.39, 0.29) is 18.1 Å². The Morgan fingerprint density at radius 1 is 1.58 bits per heavy atom. The van der Waals surface area contributed by atoms with Gasteiger partial charge in [0.15, 0.2) is 11.5 Å². The number of benzene rings is 1. The molecule has 0 fully saturated rings. The fourth-order valence-corrected chi connectivity index (χ4v) is 1.35. The quantitative estimate of drug-likeness (QED) is 0.529. The molecule has 1 atom stereocenters. The van der Waals surface area contributed by atoms with E-state index in [4.69, 9.17) is 9.84 Å². The molecule has 0 radical (unpaired) electrons. The van der Waals surface area contributed by atoms with Crippen LogP contribution in [0, 0.1) is 0 Å². The molecular formula is C13H18N2O4. The number of hydrogen-bond acceptors (Lipinski definition) is 5. The minimum atomic E-state index is -0.504. The fourth-order valence-electron chi connectivity index (χ4n) is 1.35. The van der Waals surface area contributed by atoms with Crippen molar-refractivity contribution in [3.8, 4) is 11.5 Å². The number of phenolic OH excluding ortho intramolecular Hbond substituents is 1. The summed E-state index contributed by atoms with van der Waals surface area (Å²) in [5, 5.41) is 22.2. The number of rotatable bonds is 6. The highest BCUT2D eigenvalue weighted by Crippen LogP contribution is 2.25. The van der Waals surface area contributed by atoms with Crippen molar-refractivity contribution in [1.29, 1.82) is 0 Å². The summed E-state index contributed by atoms with van der Waals surface area (Å²) >= 11 is 0. The second-order valence-corrected chi connectivity index (χ2v) is 4.11. The summed E-state index contributed by atoms with van der Waals surface area (Å²) in [5.74, 6) is 0.118. The van der Waals surface area contributed by atoms with Gasteiger partial charge in [-0.3, -0.25) is 4.79 Å². The number of methoxy groups -OCH3 is 1. The van der Waals surface area contributed by atoms with Gasteiger partial charge < -0.3 is 14.9 Å². The number of hydrazone groups is 1. The maximum absolute atomic E-state index is 11.3. The first kappa shape index (κ1) is 15.0. The topological polar surface area (TPSA) is 91.2 Å². The molecular weight excluding hydrogens is 248 g/mol. The van der Waals surface area contributed by atoms with Crippen LogP contribution < -0.4 is 10.2 Å². The van der Waals surface area contributed by atoms with Crippen molar-refractivity contribution >= 4 is 12.1 Å². The molecule has 3 N–H and O–H groups in total. The molecule has 19 heavy (non-hydrogen) atoms. The molecule has 1 aromatic carbocycles. The highest BCUT2D eigenvalue weighted by molar-refractivity contribution is 5.83. The molecule has 0 spiro atoms. The maximum Gasteiger partial charge on any atom is 0.240 e. The largest absolute Gasteiger partial charge is 0.504 e. The lowest BCUT2D eigenvalue weighted by Crippen LogP contribution is -2.18. The second-order valence-electron chi connectivity index (χ2n) is 4.11. The number of amides is 1. The predicted molar refractivity (Wildman–Crippen MR) is 71.3 cm³/mol. The number of aliphatic hydroxyl groups excluding tert-OH is 1. The number of phenols is 1. The van der Waals surface area contributed by atoms with Crippen LogP contribution in [-0.4, -0.2) is 35.5 Å². The standard InChI is InChI=1S/C13H18N2O4/c1-9(16)3-6-13(18)15-14-8-10-4-5-11(17)12(7-10)19-2/h4-5,7-9,16-17H,3,6H2,1-2H3,(H,15,18)/b14-8+. The zero-order valence-electron chi connectivity index (χ0n) is 11.0. The Bertz CT molecular complexity index is 458. The number of hydrogen-bond donors (Lipinski definition) is 3. The van der Waals surface area contributed by atoms with Crippen molar-refractivity contribution in [2.45, 2.75) is 25.9 Å². The Morgan fingerprint density at radius 3 is 2.95 bits per heavy atom. The summed E-state index contributed by atoms with van der Waals surface area (Å²) in [6, 6.07) is 4.72. The summed E-state index contributed by atoms with van der Waals surface area (Å²) < 4.78 is 4.95. The lowest BCUT2D eigenvalue weighted by molar-refractivity contribution is -0.121. The van der Waals surface area contributed by atoms with E-state index < -0.39 is 6.10 Å². The van der Waals surface area contributed by atoms with Gasteiger partial charge in [0, 0.05) is 6.42 Å². The first-order chi connectivity index (χ1) is 9.02. The van der Waals surface area contributed by atoms with E-state index in [1.54, 1.807) is 19.1 Å². The number of carbonyl (C=O) groups is 1. The number of aromatic hydroxyl groups is 1. The monoisotopic (exact) mass is 266 g/mol. The van der Waals surface area contributed by atoms with Crippen LogP contribution in [0.25, 0.3) is 0 Å². The SMILES string of the molecule is COc1cc(/C=N/NC(=O)CCC(C)O)ccc1O. The zero-order chi connectivity index (χ0) is 14.3. The van der Waals surface area contributed by atoms with E-state index in [2.05, 4.69) is 10.5 Å². The number of carbonyl (C=O) groups excluding carboxylic acids is 1. The van der Waals surface area contributed by atoms with Crippen LogP contribution in [0.4, 0.5) is 0 Å². The highest BCUT2D eigenvalue weighted by atomic mass is 16.5. The lowest BCUT2D eigenvalue weighted by Gasteiger charge is -2.04. The normalized spacial score (nSPS) is 12.4. The minimum absolute atomic E-state index is 0.0422. The van der Waals surface area contributed by atoms with Crippen molar-refractivity contribution in [3.05, 3.63) is 23.8 Å². The van der Waals surface area contributed by atoms with Crippen LogP contribution in [0.3, 0.4) is 0 Å². The van der Waals surface area contributed by atoms with E-state index in [0.717, 1.165) is 0 Å². The van der Waals surface area contributed by atoms with Crippen molar-refractivity contribution in [3.63, 3.8) is 0 Å². The summed E-state index contributed by atoms with van der Waals surface area (Å²) in [6.45, 7) is 1.62. The van der Waals surface area contributed by atoms with Gasteiger partial charge in [-0.15, -0.1) is 0 Å². The van der Waals surface area contributed by atoms with E-state index in [1.807, 2.05) is 0 Å². The Kier molecular flexibility index (Phi) is 5.81. The predicted octanol–water partition coefficient (Wildman–Crippen LogP) is 1.01. The second kappa shape index (κ2) is 7.38. The van der Waals surface area contributed by atoms with E-state index in [0.29, 0.717) is 17.7 Å². The molecule has 1 amide bonds. The van der Waals surface area contributed by atoms with Crippen LogP contribution in [0.5, 0.6) is 11.5 Å². The fraction of sp³-hybridized carbons (Fsp3) is 0.385. The molecule has 0 aliphatic carbocycles. The molecule has 0 heterocycles. The van der Waals surface area contributed by atoms with Crippen LogP contribution in [0.15, 0.2) is 23.3 Å². The van der Waals surface area contributed by atoms with Gasteiger partial charge in [0.2, 0.25) is 5.91 Å². The van der Waals surface area contributed by atoms with Gasteiger partial charge in [-0.1, -0.05) is 0 Å². The van der Waals surface area contributed by atoms with Gasteiger partial charge in [0.05, 0.1) is 19.4 Å². The molecule has 1 aromatic rings. The minimum Gasteiger partial charge on any atom is -0.504 e. The molecule has 6 heteroatoms. The van der Waals surface area contributed by atoms with Gasteiger partial charge in [-0.2, -0.15) is 5.10 Å². The number of ether oxygens (including phenoxy) is 1. The molecule has 6 nitrogen and oxygen atoms in total. The van der Waals surface area contributed by atoms with Crippen LogP contribution in [-0.2, 0) is 4.79 Å². The van der Waals surface area contributed by atoms with Gasteiger partial charge in [-0.25, -0.2) is 5.43 Å². The first-order valence-electron chi connectivity index (χ1n) is 5.90. The summed E-state index contributed by atoms with van der Waals surface area (Å²) in [5.41, 5.74) is 3.04. The van der Waals surface area contributed by atoms with E-state index >= 15 is 0 Å². The van der Waals surface area contributed by atoms with E-state index in [9.17, 15) is 9.90 Å². The smallest absolute Gasteiger partial charge is 0.240 e.